The standard InChI is InChI=1S/C17H33N3O4.Mn.H2O/c1-2-3-4-5-6-7-18-8-10-19(14-16(21)22)12-13-20(11-9-18)15-17(23)24;;/h2-15H2,1H3,(H,21,22)(H,23,24);;1H2/q;+3;. The molecule has 0 bridgehead atoms. The molecule has 0 aromatic rings. The summed E-state index contributed by atoms with van der Waals surface area (Å²) in [4.78, 5) is 28.2. The largest absolute Gasteiger partial charge is 3.00 e. The molecule has 9 heteroatoms. The van der Waals surface area contributed by atoms with Crippen molar-refractivity contribution in [3.05, 3.63) is 0 Å². The Morgan fingerprint density at radius 3 is 1.50 bits per heavy atom. The van der Waals surface area contributed by atoms with Crippen LogP contribution in [0.2, 0.25) is 0 Å². The number of unbranched alkanes of at least 4 members (excludes halogenated alkanes) is 4. The Hall–Kier alpha value is -0.701. The fourth-order valence-electron chi connectivity index (χ4n) is 3.05. The van der Waals surface area contributed by atoms with Gasteiger partial charge < -0.3 is 20.6 Å². The minimum Gasteiger partial charge on any atom is -0.480 e. The molecule has 26 heavy (non-hydrogen) atoms. The number of aliphatic carboxylic acids is 2. The van der Waals surface area contributed by atoms with Gasteiger partial charge >= 0.3 is 29.0 Å². The average Bonchev–Trinajstić information content (AvgIpc) is 2.59. The van der Waals surface area contributed by atoms with Gasteiger partial charge in [-0.25, -0.2) is 0 Å². The molecule has 0 radical (unpaired) electrons. The molecule has 0 atom stereocenters. The predicted molar refractivity (Wildman–Crippen MR) is 97.0 cm³/mol. The third-order valence-corrected chi connectivity index (χ3v) is 4.49. The summed E-state index contributed by atoms with van der Waals surface area (Å²) in [6, 6.07) is 0. The van der Waals surface area contributed by atoms with Gasteiger partial charge in [-0.3, -0.25) is 19.4 Å². The Morgan fingerprint density at radius 1 is 0.731 bits per heavy atom. The quantitative estimate of drug-likeness (QED) is 0.387. The first kappa shape index (κ1) is 27.5. The van der Waals surface area contributed by atoms with Crippen LogP contribution in [0, 0.1) is 0 Å². The van der Waals surface area contributed by atoms with Gasteiger partial charge in [0.25, 0.3) is 0 Å². The summed E-state index contributed by atoms with van der Waals surface area (Å²) in [7, 11) is 0. The normalized spacial score (nSPS) is 17.3. The van der Waals surface area contributed by atoms with Crippen LogP contribution in [0.25, 0.3) is 0 Å². The number of carboxylic acids is 2. The Labute approximate surface area is 167 Å². The summed E-state index contributed by atoms with van der Waals surface area (Å²) < 4.78 is 0. The first-order valence-electron chi connectivity index (χ1n) is 9.12. The Balaban J connectivity index is 0. The van der Waals surface area contributed by atoms with E-state index in [1.54, 1.807) is 0 Å². The van der Waals surface area contributed by atoms with Crippen molar-refractivity contribution < 1.29 is 42.3 Å². The van der Waals surface area contributed by atoms with Gasteiger partial charge in [0.1, 0.15) is 0 Å². The zero-order valence-electron chi connectivity index (χ0n) is 15.8. The monoisotopic (exact) mass is 416 g/mol. The minimum absolute atomic E-state index is 0. The van der Waals surface area contributed by atoms with Crippen molar-refractivity contribution in [2.75, 3.05) is 58.9 Å². The maximum atomic E-state index is 11.0. The molecule has 4 N–H and O–H groups in total. The van der Waals surface area contributed by atoms with Crippen molar-refractivity contribution in [1.29, 1.82) is 0 Å². The summed E-state index contributed by atoms with van der Waals surface area (Å²) in [5.41, 5.74) is 0. The van der Waals surface area contributed by atoms with Crippen LogP contribution >= 0.6 is 0 Å². The fraction of sp³-hybridized carbons (Fsp3) is 0.882. The number of carboxylic acid groups (broad SMARTS) is 2. The third kappa shape index (κ3) is 13.5. The molecule has 152 valence electrons. The van der Waals surface area contributed by atoms with Crippen LogP contribution in [0.4, 0.5) is 0 Å². The van der Waals surface area contributed by atoms with Crippen LogP contribution in [0.1, 0.15) is 39.0 Å². The van der Waals surface area contributed by atoms with Crippen molar-refractivity contribution in [3.8, 4) is 0 Å². The molecule has 1 saturated heterocycles. The molecule has 0 unspecified atom stereocenters. The Kier molecular flexibility index (Phi) is 17.4. The summed E-state index contributed by atoms with van der Waals surface area (Å²) in [6.07, 6.45) is 6.15. The van der Waals surface area contributed by atoms with Crippen molar-refractivity contribution in [3.63, 3.8) is 0 Å². The van der Waals surface area contributed by atoms with E-state index >= 15 is 0 Å². The van der Waals surface area contributed by atoms with Gasteiger partial charge in [-0.1, -0.05) is 32.6 Å². The topological polar surface area (TPSA) is 116 Å². The van der Waals surface area contributed by atoms with Crippen LogP contribution < -0.4 is 0 Å². The molecule has 1 aliphatic heterocycles. The number of rotatable bonds is 10. The smallest absolute Gasteiger partial charge is 0.480 e. The van der Waals surface area contributed by atoms with Crippen LogP contribution in [-0.2, 0) is 26.7 Å². The van der Waals surface area contributed by atoms with Crippen molar-refractivity contribution >= 4 is 11.9 Å². The van der Waals surface area contributed by atoms with Crippen molar-refractivity contribution in [1.82, 2.24) is 14.7 Å². The van der Waals surface area contributed by atoms with Gasteiger partial charge in [0, 0.05) is 39.3 Å². The summed E-state index contributed by atoms with van der Waals surface area (Å²) >= 11 is 0. The number of hydrogen-bond acceptors (Lipinski definition) is 5. The van der Waals surface area contributed by atoms with E-state index in [4.69, 9.17) is 10.2 Å². The first-order valence-corrected chi connectivity index (χ1v) is 9.12. The van der Waals surface area contributed by atoms with E-state index in [9.17, 15) is 9.59 Å². The molecule has 0 spiro atoms. The van der Waals surface area contributed by atoms with Crippen molar-refractivity contribution in [2.45, 2.75) is 39.0 Å². The molecule has 0 amide bonds. The molecule has 0 aromatic heterocycles. The second kappa shape index (κ2) is 16.5. The number of nitrogens with zero attached hydrogens (tertiary/aromatic N) is 3. The van der Waals surface area contributed by atoms with Crippen LogP contribution in [0.15, 0.2) is 0 Å². The third-order valence-electron chi connectivity index (χ3n) is 4.49. The molecular formula is C17H35MnN3O5+3. The zero-order chi connectivity index (χ0) is 17.8. The zero-order valence-corrected chi connectivity index (χ0v) is 17.0. The summed E-state index contributed by atoms with van der Waals surface area (Å²) in [6.45, 7) is 7.60. The van der Waals surface area contributed by atoms with E-state index in [0.29, 0.717) is 13.1 Å². The second-order valence-electron chi connectivity index (χ2n) is 6.60. The maximum absolute atomic E-state index is 11.0. The second-order valence-corrected chi connectivity index (χ2v) is 6.60. The summed E-state index contributed by atoms with van der Waals surface area (Å²) in [5, 5.41) is 18.1. The Morgan fingerprint density at radius 2 is 1.12 bits per heavy atom. The molecule has 0 saturated carbocycles. The molecule has 0 aliphatic carbocycles. The van der Waals surface area contributed by atoms with Gasteiger partial charge in [-0.2, -0.15) is 0 Å². The van der Waals surface area contributed by atoms with Gasteiger partial charge in [0.2, 0.25) is 0 Å². The molecular weight excluding hydrogens is 381 g/mol. The van der Waals surface area contributed by atoms with Crippen molar-refractivity contribution in [2.24, 2.45) is 0 Å². The average molecular weight is 416 g/mol. The Bertz CT molecular complexity index is 359. The van der Waals surface area contributed by atoms with Crippen LogP contribution in [0.5, 0.6) is 0 Å². The van der Waals surface area contributed by atoms with E-state index in [-0.39, 0.29) is 35.6 Å². The van der Waals surface area contributed by atoms with E-state index in [1.807, 2.05) is 9.80 Å². The number of carbonyl (C=O) groups is 2. The van der Waals surface area contributed by atoms with Gasteiger partial charge in [-0.05, 0) is 13.0 Å². The van der Waals surface area contributed by atoms with Crippen LogP contribution in [0.3, 0.4) is 0 Å². The van der Waals surface area contributed by atoms with Gasteiger partial charge in [-0.15, -0.1) is 0 Å². The van der Waals surface area contributed by atoms with E-state index in [1.165, 1.54) is 25.7 Å². The first-order chi connectivity index (χ1) is 11.5. The summed E-state index contributed by atoms with van der Waals surface area (Å²) in [5.74, 6) is -1.66. The predicted octanol–water partition coefficient (Wildman–Crippen LogP) is 0.218. The minimum atomic E-state index is -0.829. The molecule has 1 aliphatic rings. The van der Waals surface area contributed by atoms with Gasteiger partial charge in [0.05, 0.1) is 13.1 Å². The van der Waals surface area contributed by atoms with Crippen LogP contribution in [-0.4, -0.2) is 101 Å². The molecule has 8 nitrogen and oxygen atoms in total. The molecule has 1 rings (SSSR count). The van der Waals surface area contributed by atoms with Gasteiger partial charge in [0.15, 0.2) is 0 Å². The molecule has 1 heterocycles. The molecule has 0 aromatic carbocycles. The maximum Gasteiger partial charge on any atom is 3.00 e. The van der Waals surface area contributed by atoms with E-state index in [2.05, 4.69) is 11.8 Å². The number of hydrogen-bond donors (Lipinski definition) is 2. The fourth-order valence-corrected chi connectivity index (χ4v) is 3.05. The van der Waals surface area contributed by atoms with E-state index in [0.717, 1.165) is 39.1 Å². The molecule has 1 fully saturated rings. The van der Waals surface area contributed by atoms with E-state index < -0.39 is 11.9 Å². The SMILES string of the molecule is CCCCCCCN1CCN(CC(=O)O)CCN(CC(=O)O)CC1.O.[Mn+3].